The van der Waals surface area contributed by atoms with Crippen molar-refractivity contribution >= 4 is 24.1 Å². The van der Waals surface area contributed by atoms with E-state index in [4.69, 9.17) is 15.2 Å². The second kappa shape index (κ2) is 7.06. The molecule has 9 nitrogen and oxygen atoms in total. The van der Waals surface area contributed by atoms with Crippen molar-refractivity contribution in [3.63, 3.8) is 0 Å². The topological polar surface area (TPSA) is 110 Å². The molecule has 0 radical (unpaired) electrons. The van der Waals surface area contributed by atoms with Crippen molar-refractivity contribution in [1.82, 2.24) is 15.3 Å². The number of fused-ring (bicyclic) bond motifs is 3. The maximum atomic E-state index is 6.06. The Morgan fingerprint density at radius 1 is 1.31 bits per heavy atom. The van der Waals surface area contributed by atoms with Crippen LogP contribution in [0.2, 0.25) is 0 Å². The second-order valence-corrected chi connectivity index (χ2v) is 7.54. The predicted octanol–water partition coefficient (Wildman–Crippen LogP) is 0.954. The lowest BCUT2D eigenvalue weighted by Gasteiger charge is -2.45. The first kappa shape index (κ1) is 18.4. The number of nitrogens with two attached hydrogens (primary N) is 1. The minimum Gasteiger partial charge on any atom is -0.486 e. The summed E-state index contributed by atoms with van der Waals surface area (Å²) in [7, 11) is 1.60. The van der Waals surface area contributed by atoms with Crippen LogP contribution in [-0.4, -0.2) is 61.2 Å². The van der Waals surface area contributed by atoms with E-state index in [9.17, 15) is 0 Å². The Balaban J connectivity index is 2.04. The third-order valence-corrected chi connectivity index (χ3v) is 4.38. The van der Waals surface area contributed by atoms with Gasteiger partial charge >= 0.3 is 0 Å². The van der Waals surface area contributed by atoms with Crippen LogP contribution in [0.4, 0.5) is 11.8 Å². The molecule has 0 aliphatic carbocycles. The quantitative estimate of drug-likeness (QED) is 0.596. The first-order valence-corrected chi connectivity index (χ1v) is 8.74. The average Bonchev–Trinajstić information content (AvgIpc) is 2.59. The number of hydrogen-bond donors (Lipinski definition) is 2. The summed E-state index contributed by atoms with van der Waals surface area (Å²) in [6.45, 7) is 10.3. The van der Waals surface area contributed by atoms with E-state index < -0.39 is 0 Å². The minimum absolute atomic E-state index is 0.145. The fraction of sp³-hybridized carbons (Fsp3) is 0.647. The number of rotatable bonds is 2. The van der Waals surface area contributed by atoms with E-state index in [-0.39, 0.29) is 23.5 Å². The van der Waals surface area contributed by atoms with Crippen molar-refractivity contribution in [3.05, 3.63) is 5.69 Å². The van der Waals surface area contributed by atoms with E-state index in [1.807, 2.05) is 0 Å². The van der Waals surface area contributed by atoms with Gasteiger partial charge in [-0.05, 0) is 6.92 Å². The highest BCUT2D eigenvalue weighted by atomic mass is 16.5. The molecule has 142 valence electrons. The Labute approximate surface area is 153 Å². The molecule has 3 heterocycles. The molecular formula is C17H27N7O2. The molecule has 2 atom stereocenters. The van der Waals surface area contributed by atoms with Crippen molar-refractivity contribution in [2.45, 2.75) is 45.2 Å². The number of hydrogen-bond acceptors (Lipinski definition) is 7. The number of aromatic nitrogens is 2. The lowest BCUT2D eigenvalue weighted by molar-refractivity contribution is 0.0481. The van der Waals surface area contributed by atoms with Crippen LogP contribution < -0.4 is 20.7 Å². The molecule has 0 saturated carbocycles. The van der Waals surface area contributed by atoms with Crippen LogP contribution in [0.5, 0.6) is 5.75 Å². The normalized spacial score (nSPS) is 23.4. The molecule has 0 aromatic carbocycles. The maximum Gasteiger partial charge on any atom is 0.253 e. The minimum atomic E-state index is -0.211. The van der Waals surface area contributed by atoms with E-state index in [1.54, 1.807) is 7.05 Å². The van der Waals surface area contributed by atoms with Crippen molar-refractivity contribution in [2.24, 2.45) is 15.7 Å². The summed E-state index contributed by atoms with van der Waals surface area (Å²) < 4.78 is 11.7. The van der Waals surface area contributed by atoms with Gasteiger partial charge in [0, 0.05) is 12.5 Å². The number of anilines is 1. The lowest BCUT2D eigenvalue weighted by atomic mass is 9.90. The number of aliphatic imine (C=N–C) groups is 2. The van der Waals surface area contributed by atoms with Crippen molar-refractivity contribution in [1.29, 1.82) is 0 Å². The number of guanidine groups is 1. The van der Waals surface area contributed by atoms with Gasteiger partial charge in [-0.2, -0.15) is 4.98 Å². The average molecular weight is 361 g/mol. The molecule has 0 spiro atoms. The third kappa shape index (κ3) is 3.57. The van der Waals surface area contributed by atoms with Gasteiger partial charge in [-0.15, -0.1) is 0 Å². The first-order chi connectivity index (χ1) is 12.3. The third-order valence-electron chi connectivity index (χ3n) is 4.38. The summed E-state index contributed by atoms with van der Waals surface area (Å²) in [6, 6.07) is 0.351. The molecule has 0 bridgehead atoms. The second-order valence-electron chi connectivity index (χ2n) is 7.54. The highest BCUT2D eigenvalue weighted by Crippen LogP contribution is 2.42. The van der Waals surface area contributed by atoms with Crippen LogP contribution in [0.25, 0.3) is 0 Å². The van der Waals surface area contributed by atoms with Gasteiger partial charge in [0.25, 0.3) is 5.95 Å². The number of ether oxygens (including phenoxy) is 2. The van der Waals surface area contributed by atoms with Gasteiger partial charge in [0.2, 0.25) is 0 Å². The summed E-state index contributed by atoms with van der Waals surface area (Å²) in [5, 5.41) is 2.78. The van der Waals surface area contributed by atoms with E-state index in [0.717, 1.165) is 17.3 Å². The van der Waals surface area contributed by atoms with E-state index in [2.05, 4.69) is 57.9 Å². The van der Waals surface area contributed by atoms with Gasteiger partial charge in [-0.25, -0.2) is 9.98 Å². The van der Waals surface area contributed by atoms with Crippen molar-refractivity contribution in [2.75, 3.05) is 31.8 Å². The molecule has 2 aliphatic heterocycles. The van der Waals surface area contributed by atoms with Gasteiger partial charge in [0.1, 0.15) is 6.61 Å². The molecule has 0 amide bonds. The summed E-state index contributed by atoms with van der Waals surface area (Å²) in [5.74, 6) is 2.14. The molecule has 1 saturated heterocycles. The molecule has 2 aliphatic rings. The zero-order valence-electron chi connectivity index (χ0n) is 16.0. The van der Waals surface area contributed by atoms with Gasteiger partial charge in [-0.3, -0.25) is 4.99 Å². The fourth-order valence-corrected chi connectivity index (χ4v) is 3.11. The number of nitrogens with zero attached hydrogens (tertiary/aromatic N) is 5. The monoisotopic (exact) mass is 361 g/mol. The Kier molecular flexibility index (Phi) is 4.99. The van der Waals surface area contributed by atoms with Crippen LogP contribution in [-0.2, 0) is 10.2 Å². The Bertz CT molecular complexity index is 727. The van der Waals surface area contributed by atoms with Gasteiger partial charge in [0.05, 0.1) is 37.3 Å². The molecule has 1 aromatic heterocycles. The highest BCUT2D eigenvalue weighted by molar-refractivity contribution is 5.89. The van der Waals surface area contributed by atoms with Crippen LogP contribution in [0.15, 0.2) is 9.98 Å². The van der Waals surface area contributed by atoms with E-state index >= 15 is 0 Å². The molecule has 0 unspecified atom stereocenters. The number of morpholine rings is 1. The lowest BCUT2D eigenvalue weighted by Crippen LogP contribution is -2.56. The summed E-state index contributed by atoms with van der Waals surface area (Å²) >= 11 is 0. The molecular weight excluding hydrogens is 334 g/mol. The first-order valence-electron chi connectivity index (χ1n) is 8.74. The summed E-state index contributed by atoms with van der Waals surface area (Å²) in [4.78, 5) is 19.7. The Morgan fingerprint density at radius 3 is 2.77 bits per heavy atom. The standard InChI is InChI=1S/C17H27N7O2/c1-10-6-25-7-11-8-26-12-13(17(2,3)4)22-16(23-14(12)24(10)11)21-9-20-15(18)19-5/h9-11H,6-8H2,1-5H3,(H3,18,19,20,21,22,23)/t10-,11+/m1/s1. The molecule has 26 heavy (non-hydrogen) atoms. The SMILES string of the molecule is CN=C(N)N/C=N/c1nc2c(c(C(C)(C)C)n1)OC[C@@H]1COC[C@@H](C)N21. The molecule has 1 fully saturated rings. The summed E-state index contributed by atoms with van der Waals surface area (Å²) in [5.41, 5.74) is 6.24. The number of nitrogens with one attached hydrogen (secondary N) is 1. The van der Waals surface area contributed by atoms with Crippen LogP contribution >= 0.6 is 0 Å². The zero-order valence-corrected chi connectivity index (χ0v) is 16.0. The fourth-order valence-electron chi connectivity index (χ4n) is 3.11. The smallest absolute Gasteiger partial charge is 0.253 e. The maximum absolute atomic E-state index is 6.06. The van der Waals surface area contributed by atoms with Crippen LogP contribution in [0.3, 0.4) is 0 Å². The van der Waals surface area contributed by atoms with Gasteiger partial charge in [0.15, 0.2) is 17.5 Å². The zero-order chi connectivity index (χ0) is 18.9. The predicted molar refractivity (Wildman–Crippen MR) is 102 cm³/mol. The van der Waals surface area contributed by atoms with Crippen molar-refractivity contribution < 1.29 is 9.47 Å². The largest absolute Gasteiger partial charge is 0.486 e. The molecule has 3 rings (SSSR count). The Hall–Kier alpha value is -2.42. The van der Waals surface area contributed by atoms with E-state index in [0.29, 0.717) is 25.8 Å². The van der Waals surface area contributed by atoms with Crippen LogP contribution in [0, 0.1) is 0 Å². The van der Waals surface area contributed by atoms with Crippen molar-refractivity contribution in [3.8, 4) is 5.75 Å². The molecule has 1 aromatic rings. The molecule has 3 N–H and O–H groups in total. The molecule has 9 heteroatoms. The van der Waals surface area contributed by atoms with Crippen LogP contribution in [0.1, 0.15) is 33.4 Å². The van der Waals surface area contributed by atoms with Gasteiger partial charge in [-0.1, -0.05) is 20.8 Å². The van der Waals surface area contributed by atoms with Gasteiger partial charge < -0.3 is 25.4 Å². The Morgan fingerprint density at radius 2 is 2.08 bits per heavy atom. The summed E-state index contributed by atoms with van der Waals surface area (Å²) in [6.07, 6.45) is 1.44. The van der Waals surface area contributed by atoms with E-state index in [1.165, 1.54) is 6.34 Å². The highest BCUT2D eigenvalue weighted by Gasteiger charge is 2.39.